The van der Waals surface area contributed by atoms with E-state index in [9.17, 15) is 19.4 Å². The van der Waals surface area contributed by atoms with Crippen LogP contribution in [-0.2, 0) is 10.2 Å². The van der Waals surface area contributed by atoms with Crippen molar-refractivity contribution in [1.29, 1.82) is 0 Å². The Hall–Kier alpha value is -2.57. The molecule has 0 bridgehead atoms. The molecular weight excluding hydrogens is 397 g/mol. The van der Waals surface area contributed by atoms with E-state index in [0.717, 1.165) is 28.1 Å². The smallest absolute Gasteiger partial charge is 0.305 e. The zero-order chi connectivity index (χ0) is 23.3. The minimum absolute atomic E-state index is 0.0841. The average molecular weight is 430 g/mol. The van der Waals surface area contributed by atoms with Crippen LogP contribution >= 0.6 is 0 Å². The van der Waals surface area contributed by atoms with Gasteiger partial charge in [-0.25, -0.2) is 4.39 Å². The zero-order valence-corrected chi connectivity index (χ0v) is 18.8. The van der Waals surface area contributed by atoms with Crippen LogP contribution in [0, 0.1) is 5.82 Å². The first-order valence-corrected chi connectivity index (χ1v) is 10.5. The Labute approximate surface area is 183 Å². The fourth-order valence-corrected chi connectivity index (χ4v) is 3.29. The molecule has 0 aliphatic carbocycles. The van der Waals surface area contributed by atoms with Crippen molar-refractivity contribution in [2.45, 2.75) is 71.0 Å². The van der Waals surface area contributed by atoms with Gasteiger partial charge in [-0.1, -0.05) is 58.9 Å². The summed E-state index contributed by atoms with van der Waals surface area (Å²) in [4.78, 5) is 15.6. The van der Waals surface area contributed by atoms with Gasteiger partial charge < -0.3 is 15.3 Å². The molecule has 1 heterocycles. The average Bonchev–Trinajstić information content (AvgIpc) is 2.64. The minimum Gasteiger partial charge on any atom is -0.481 e. The van der Waals surface area contributed by atoms with Crippen molar-refractivity contribution in [1.82, 2.24) is 4.98 Å². The normalized spacial score (nSPS) is 14.2. The fourth-order valence-electron chi connectivity index (χ4n) is 3.29. The number of aromatic nitrogens is 1. The predicted octanol–water partition coefficient (Wildman–Crippen LogP) is 4.91. The number of carboxylic acid groups (broad SMARTS) is 1. The number of aliphatic hydroxyl groups is 2. The lowest BCUT2D eigenvalue weighted by Crippen LogP contribution is -2.19. The number of rotatable bonds is 8. The van der Waals surface area contributed by atoms with Gasteiger partial charge in [0.2, 0.25) is 0 Å². The summed E-state index contributed by atoms with van der Waals surface area (Å²) in [5.41, 5.74) is 4.07. The lowest BCUT2D eigenvalue weighted by Gasteiger charge is -2.23. The summed E-state index contributed by atoms with van der Waals surface area (Å²) in [5, 5.41) is 28.9. The van der Waals surface area contributed by atoms with Crippen LogP contribution in [0.25, 0.3) is 17.2 Å². The van der Waals surface area contributed by atoms with Crippen LogP contribution in [0.2, 0.25) is 0 Å². The van der Waals surface area contributed by atoms with E-state index in [2.05, 4.69) is 20.8 Å². The highest BCUT2D eigenvalue weighted by molar-refractivity contribution is 5.77. The summed E-state index contributed by atoms with van der Waals surface area (Å²) >= 11 is 0. The summed E-state index contributed by atoms with van der Waals surface area (Å²) in [6, 6.07) is 8.24. The van der Waals surface area contributed by atoms with Gasteiger partial charge in [-0.05, 0) is 35.2 Å². The number of aliphatic carboxylic acids is 1. The third kappa shape index (κ3) is 6.97. The van der Waals surface area contributed by atoms with Gasteiger partial charge in [0.1, 0.15) is 5.82 Å². The molecule has 0 aliphatic rings. The van der Waals surface area contributed by atoms with E-state index in [0.29, 0.717) is 0 Å². The van der Waals surface area contributed by atoms with Gasteiger partial charge in [0, 0.05) is 23.1 Å². The third-order valence-corrected chi connectivity index (χ3v) is 4.97. The minimum atomic E-state index is -1.14. The Morgan fingerprint density at radius 3 is 2.29 bits per heavy atom. The topological polar surface area (TPSA) is 90.7 Å². The fraction of sp³-hybridized carbons (Fsp3) is 0.440. The number of carboxylic acids is 1. The molecule has 1 aromatic carbocycles. The van der Waals surface area contributed by atoms with Gasteiger partial charge in [0.25, 0.3) is 0 Å². The molecule has 5 nitrogen and oxygen atoms in total. The van der Waals surface area contributed by atoms with Crippen LogP contribution in [0.4, 0.5) is 4.39 Å². The quantitative estimate of drug-likeness (QED) is 0.555. The number of aliphatic hydroxyl groups excluding tert-OH is 2. The van der Waals surface area contributed by atoms with Crippen molar-refractivity contribution in [3.8, 4) is 11.1 Å². The molecule has 0 fully saturated rings. The van der Waals surface area contributed by atoms with Crippen molar-refractivity contribution in [3.05, 3.63) is 59.2 Å². The summed E-state index contributed by atoms with van der Waals surface area (Å²) in [6.45, 7) is 10.3. The van der Waals surface area contributed by atoms with E-state index in [-0.39, 0.29) is 23.6 Å². The Balaban J connectivity index is 2.55. The number of benzene rings is 1. The van der Waals surface area contributed by atoms with Crippen LogP contribution in [-0.4, -0.2) is 38.5 Å². The molecule has 1 unspecified atom stereocenters. The largest absolute Gasteiger partial charge is 0.481 e. The van der Waals surface area contributed by atoms with Crippen LogP contribution in [0.3, 0.4) is 0 Å². The number of hydrogen-bond acceptors (Lipinski definition) is 4. The molecule has 0 saturated heterocycles. The van der Waals surface area contributed by atoms with E-state index < -0.39 is 24.6 Å². The van der Waals surface area contributed by atoms with Crippen LogP contribution in [0.5, 0.6) is 0 Å². The van der Waals surface area contributed by atoms with Crippen LogP contribution < -0.4 is 0 Å². The maximum absolute atomic E-state index is 13.5. The monoisotopic (exact) mass is 429 g/mol. The van der Waals surface area contributed by atoms with Crippen molar-refractivity contribution in [2.75, 3.05) is 0 Å². The summed E-state index contributed by atoms with van der Waals surface area (Å²) in [5.74, 6) is -1.35. The van der Waals surface area contributed by atoms with E-state index in [1.54, 1.807) is 18.2 Å². The molecule has 0 saturated carbocycles. The van der Waals surface area contributed by atoms with Gasteiger partial charge in [0.15, 0.2) is 0 Å². The Bertz CT molecular complexity index is 930. The first-order chi connectivity index (χ1) is 14.4. The van der Waals surface area contributed by atoms with Crippen LogP contribution in [0.15, 0.2) is 36.4 Å². The number of halogens is 1. The van der Waals surface area contributed by atoms with Gasteiger partial charge in [-0.3, -0.25) is 9.78 Å². The van der Waals surface area contributed by atoms with Crippen LogP contribution in [0.1, 0.15) is 70.3 Å². The standard InChI is InChI=1S/C25H32FNO4/c1-15(2)24-20(11-10-18(28)12-19(29)13-23(30)31)21(14-22(27-24)25(3,4)5)16-6-8-17(26)9-7-16/h6-11,14-15,18-19,28-29H,12-13H2,1-5H3,(H,30,31)/b11-10+/t18?,19-/m1/s1. The van der Waals surface area contributed by atoms with E-state index in [4.69, 9.17) is 10.1 Å². The Kier molecular flexibility index (Phi) is 8.09. The summed E-state index contributed by atoms with van der Waals surface area (Å²) in [7, 11) is 0. The third-order valence-electron chi connectivity index (χ3n) is 4.97. The maximum Gasteiger partial charge on any atom is 0.305 e. The molecule has 6 heteroatoms. The number of hydrogen-bond donors (Lipinski definition) is 3. The van der Waals surface area contributed by atoms with Crippen molar-refractivity contribution < 1.29 is 24.5 Å². The van der Waals surface area contributed by atoms with Gasteiger partial charge in [-0.2, -0.15) is 0 Å². The van der Waals surface area contributed by atoms with Crippen molar-refractivity contribution >= 4 is 12.0 Å². The molecule has 1 aromatic heterocycles. The Morgan fingerprint density at radius 1 is 1.16 bits per heavy atom. The second-order valence-corrected chi connectivity index (χ2v) is 9.18. The molecule has 2 atom stereocenters. The molecule has 2 rings (SSSR count). The van der Waals surface area contributed by atoms with E-state index in [1.807, 2.05) is 19.9 Å². The van der Waals surface area contributed by atoms with Gasteiger partial charge in [0.05, 0.1) is 24.3 Å². The highest BCUT2D eigenvalue weighted by atomic mass is 19.1. The second kappa shape index (κ2) is 10.2. The first kappa shape index (κ1) is 24.7. The van der Waals surface area contributed by atoms with E-state index >= 15 is 0 Å². The second-order valence-electron chi connectivity index (χ2n) is 9.18. The highest BCUT2D eigenvalue weighted by Gasteiger charge is 2.22. The molecule has 0 aliphatic heterocycles. The Morgan fingerprint density at radius 2 is 1.77 bits per heavy atom. The molecule has 0 spiro atoms. The summed E-state index contributed by atoms with van der Waals surface area (Å²) in [6.07, 6.45) is 0.630. The molecule has 0 amide bonds. The molecule has 168 valence electrons. The molecular formula is C25H32FNO4. The lowest BCUT2D eigenvalue weighted by atomic mass is 9.86. The highest BCUT2D eigenvalue weighted by Crippen LogP contribution is 2.34. The maximum atomic E-state index is 13.5. The van der Waals surface area contributed by atoms with Crippen molar-refractivity contribution in [3.63, 3.8) is 0 Å². The number of pyridine rings is 1. The molecule has 2 aromatic rings. The number of nitrogens with zero attached hydrogens (tertiary/aromatic N) is 1. The zero-order valence-electron chi connectivity index (χ0n) is 18.8. The van der Waals surface area contributed by atoms with E-state index in [1.165, 1.54) is 18.2 Å². The number of carbonyl (C=O) groups is 1. The lowest BCUT2D eigenvalue weighted by molar-refractivity contribution is -0.139. The SMILES string of the molecule is CC(C)c1nc(C(C)(C)C)cc(-c2ccc(F)cc2)c1/C=C/C(O)C[C@@H](O)CC(=O)O. The predicted molar refractivity (Wildman–Crippen MR) is 120 cm³/mol. The molecule has 0 radical (unpaired) electrons. The summed E-state index contributed by atoms with van der Waals surface area (Å²) < 4.78 is 13.5. The van der Waals surface area contributed by atoms with Gasteiger partial charge >= 0.3 is 5.97 Å². The van der Waals surface area contributed by atoms with Crippen molar-refractivity contribution in [2.24, 2.45) is 0 Å². The molecule has 3 N–H and O–H groups in total. The first-order valence-electron chi connectivity index (χ1n) is 10.5. The molecule has 31 heavy (non-hydrogen) atoms. The van der Waals surface area contributed by atoms with Gasteiger partial charge in [-0.15, -0.1) is 0 Å².